The Balaban J connectivity index is 2.99. The number of nitrogen functional groups attached to an aromatic ring is 1. The van der Waals surface area contributed by atoms with E-state index >= 15 is 0 Å². The first-order valence-corrected chi connectivity index (χ1v) is 4.50. The van der Waals surface area contributed by atoms with Gasteiger partial charge in [-0.1, -0.05) is 0 Å². The molecule has 0 aromatic heterocycles. The van der Waals surface area contributed by atoms with E-state index in [0.29, 0.717) is 0 Å². The quantitative estimate of drug-likeness (QED) is 0.624. The number of hydrogen-bond donors (Lipinski definition) is 2. The average molecular weight is 237 g/mol. The molecular formula is C8H6F3NO2S. The minimum atomic E-state index is -4.03. The summed E-state index contributed by atoms with van der Waals surface area (Å²) in [6, 6.07) is 2.85. The highest BCUT2D eigenvalue weighted by molar-refractivity contribution is 8.01. The fraction of sp³-hybridized carbons (Fsp3) is 0.125. The minimum Gasteiger partial charge on any atom is -0.476 e. The summed E-state index contributed by atoms with van der Waals surface area (Å²) in [4.78, 5) is 9.81. The number of carboxylic acids is 1. The summed E-state index contributed by atoms with van der Waals surface area (Å²) < 4.78 is 38.1. The average Bonchev–Trinajstić information content (AvgIpc) is 2.10. The van der Waals surface area contributed by atoms with Gasteiger partial charge in [-0.25, -0.2) is 9.18 Å². The molecule has 7 heteroatoms. The number of carbonyl (C=O) groups is 1. The summed E-state index contributed by atoms with van der Waals surface area (Å²) in [6.07, 6.45) is 0. The van der Waals surface area contributed by atoms with Crippen molar-refractivity contribution in [3.63, 3.8) is 0 Å². The summed E-state index contributed by atoms with van der Waals surface area (Å²) in [5, 5.41) is 4.13. The smallest absolute Gasteiger partial charge is 0.393 e. The molecular weight excluding hydrogens is 231 g/mol. The van der Waals surface area contributed by atoms with Gasteiger partial charge in [-0.15, -0.1) is 0 Å². The maximum absolute atomic E-state index is 12.7. The summed E-state index contributed by atoms with van der Waals surface area (Å²) >= 11 is -0.303. The molecule has 0 spiro atoms. The molecule has 0 saturated heterocycles. The molecule has 0 heterocycles. The van der Waals surface area contributed by atoms with Crippen molar-refractivity contribution in [1.29, 1.82) is 0 Å². The van der Waals surface area contributed by atoms with E-state index in [2.05, 4.69) is 0 Å². The number of benzene rings is 1. The van der Waals surface area contributed by atoms with Crippen molar-refractivity contribution in [2.24, 2.45) is 0 Å². The molecule has 0 aliphatic heterocycles. The second-order valence-corrected chi connectivity index (χ2v) is 3.76. The van der Waals surface area contributed by atoms with Gasteiger partial charge in [0.15, 0.2) is 0 Å². The van der Waals surface area contributed by atoms with E-state index < -0.39 is 17.0 Å². The summed E-state index contributed by atoms with van der Waals surface area (Å²) in [5.41, 5.74) is 5.19. The van der Waals surface area contributed by atoms with E-state index in [1.54, 1.807) is 0 Å². The van der Waals surface area contributed by atoms with Crippen LogP contribution in [0.3, 0.4) is 0 Å². The maximum Gasteiger partial charge on any atom is 0.393 e. The number of aliphatic carboxylic acids is 1. The van der Waals surface area contributed by atoms with Crippen LogP contribution in [0.15, 0.2) is 23.1 Å². The van der Waals surface area contributed by atoms with Crippen LogP contribution in [0, 0.1) is 5.82 Å². The number of nitrogens with two attached hydrogens (primary N) is 1. The van der Waals surface area contributed by atoms with Crippen LogP contribution in [0.25, 0.3) is 0 Å². The number of hydrogen-bond acceptors (Lipinski definition) is 3. The Labute approximate surface area is 87.1 Å². The molecule has 0 bridgehead atoms. The van der Waals surface area contributed by atoms with Crippen LogP contribution in [0.5, 0.6) is 0 Å². The van der Waals surface area contributed by atoms with E-state index in [0.717, 1.165) is 18.2 Å². The van der Waals surface area contributed by atoms with Crippen molar-refractivity contribution in [1.82, 2.24) is 0 Å². The molecule has 0 aliphatic carbocycles. The van der Waals surface area contributed by atoms with Crippen LogP contribution in [-0.2, 0) is 4.79 Å². The fourth-order valence-electron chi connectivity index (χ4n) is 0.778. The van der Waals surface area contributed by atoms with E-state index in [4.69, 9.17) is 10.8 Å². The van der Waals surface area contributed by atoms with Gasteiger partial charge < -0.3 is 10.8 Å². The lowest BCUT2D eigenvalue weighted by atomic mass is 10.3. The molecule has 0 unspecified atom stereocenters. The second-order valence-electron chi connectivity index (χ2n) is 2.61. The predicted molar refractivity (Wildman–Crippen MR) is 49.3 cm³/mol. The van der Waals surface area contributed by atoms with Crippen molar-refractivity contribution >= 4 is 23.4 Å². The molecule has 0 atom stereocenters. The number of halogens is 3. The first-order valence-electron chi connectivity index (χ1n) is 3.68. The van der Waals surface area contributed by atoms with E-state index in [1.807, 2.05) is 0 Å². The Morgan fingerprint density at radius 3 is 2.60 bits per heavy atom. The lowest BCUT2D eigenvalue weighted by Gasteiger charge is -2.11. The van der Waals surface area contributed by atoms with Gasteiger partial charge in [0.05, 0.1) is 0 Å². The molecule has 0 radical (unpaired) electrons. The Morgan fingerprint density at radius 1 is 1.47 bits per heavy atom. The minimum absolute atomic E-state index is 0.0951. The molecule has 0 amide bonds. The molecule has 3 nitrogen and oxygen atoms in total. The lowest BCUT2D eigenvalue weighted by molar-refractivity contribution is -0.152. The third-order valence-corrected chi connectivity index (χ3v) is 2.47. The fourth-order valence-corrected chi connectivity index (χ4v) is 1.50. The Kier molecular flexibility index (Phi) is 3.13. The highest BCUT2D eigenvalue weighted by Gasteiger charge is 2.40. The van der Waals surface area contributed by atoms with Crippen molar-refractivity contribution in [2.45, 2.75) is 10.2 Å². The van der Waals surface area contributed by atoms with Crippen LogP contribution in [0.1, 0.15) is 0 Å². The number of thioether (sulfide) groups is 1. The van der Waals surface area contributed by atoms with Gasteiger partial charge in [-0.2, -0.15) is 8.78 Å². The molecule has 0 aliphatic rings. The third-order valence-electron chi connectivity index (χ3n) is 1.46. The Bertz CT molecular complexity index is 397. The van der Waals surface area contributed by atoms with Gasteiger partial charge in [0.2, 0.25) is 0 Å². The first-order chi connectivity index (χ1) is 6.83. The van der Waals surface area contributed by atoms with E-state index in [9.17, 15) is 18.0 Å². The SMILES string of the molecule is Nc1ccc(F)cc1SC(F)(F)C(=O)O. The number of anilines is 1. The van der Waals surface area contributed by atoms with Gasteiger partial charge >= 0.3 is 11.2 Å². The van der Waals surface area contributed by atoms with Crippen LogP contribution in [0.4, 0.5) is 18.9 Å². The molecule has 1 rings (SSSR count). The highest BCUT2D eigenvalue weighted by atomic mass is 32.2. The highest BCUT2D eigenvalue weighted by Crippen LogP contribution is 2.38. The van der Waals surface area contributed by atoms with Crippen molar-refractivity contribution < 1.29 is 23.1 Å². The first kappa shape index (κ1) is 11.7. The van der Waals surface area contributed by atoms with Gasteiger partial charge in [0, 0.05) is 10.6 Å². The number of alkyl halides is 2. The normalized spacial score (nSPS) is 11.4. The van der Waals surface area contributed by atoms with Gasteiger partial charge in [0.25, 0.3) is 0 Å². The summed E-state index contributed by atoms with van der Waals surface area (Å²) in [5.74, 6) is -3.05. The second kappa shape index (κ2) is 4.01. The van der Waals surface area contributed by atoms with Crippen molar-refractivity contribution in [3.8, 4) is 0 Å². The number of carboxylic acid groups (broad SMARTS) is 1. The molecule has 1 aromatic rings. The Morgan fingerprint density at radius 2 is 2.07 bits per heavy atom. The molecule has 15 heavy (non-hydrogen) atoms. The largest absolute Gasteiger partial charge is 0.476 e. The molecule has 82 valence electrons. The van der Waals surface area contributed by atoms with Gasteiger partial charge in [-0.3, -0.25) is 0 Å². The lowest BCUT2D eigenvalue weighted by Crippen LogP contribution is -2.23. The van der Waals surface area contributed by atoms with Crippen LogP contribution in [0.2, 0.25) is 0 Å². The molecule has 0 fully saturated rings. The zero-order valence-electron chi connectivity index (χ0n) is 7.21. The van der Waals surface area contributed by atoms with Gasteiger partial charge in [-0.05, 0) is 30.0 Å². The predicted octanol–water partition coefficient (Wildman–Crippen LogP) is 2.18. The monoisotopic (exact) mass is 237 g/mol. The standard InChI is InChI=1S/C8H6F3NO2S/c9-4-1-2-5(12)6(3-4)15-8(10,11)7(13)14/h1-3H,12H2,(H,13,14). The van der Waals surface area contributed by atoms with Crippen LogP contribution < -0.4 is 5.73 Å². The van der Waals surface area contributed by atoms with Crippen LogP contribution in [-0.4, -0.2) is 16.3 Å². The van der Waals surface area contributed by atoms with Crippen LogP contribution >= 0.6 is 11.8 Å². The van der Waals surface area contributed by atoms with E-state index in [1.165, 1.54) is 0 Å². The molecule has 3 N–H and O–H groups in total. The zero-order valence-corrected chi connectivity index (χ0v) is 8.02. The summed E-state index contributed by atoms with van der Waals surface area (Å²) in [6.45, 7) is 0. The number of rotatable bonds is 3. The molecule has 0 saturated carbocycles. The third kappa shape index (κ3) is 2.79. The van der Waals surface area contributed by atoms with Crippen molar-refractivity contribution in [3.05, 3.63) is 24.0 Å². The van der Waals surface area contributed by atoms with Gasteiger partial charge in [0.1, 0.15) is 5.82 Å². The summed E-state index contributed by atoms with van der Waals surface area (Å²) in [7, 11) is 0. The van der Waals surface area contributed by atoms with Crippen molar-refractivity contribution in [2.75, 3.05) is 5.73 Å². The maximum atomic E-state index is 12.7. The van der Waals surface area contributed by atoms with E-state index in [-0.39, 0.29) is 22.3 Å². The zero-order chi connectivity index (χ0) is 11.6. The topological polar surface area (TPSA) is 63.3 Å². The molecule has 1 aromatic carbocycles. The Hall–Kier alpha value is -1.37.